The Morgan fingerprint density at radius 1 is 1.41 bits per heavy atom. The average Bonchev–Trinajstić information content (AvgIpc) is 2.59. The molecule has 0 amide bonds. The number of aromatic nitrogens is 2. The van der Waals surface area contributed by atoms with Crippen molar-refractivity contribution in [1.29, 1.82) is 0 Å². The van der Waals surface area contributed by atoms with Crippen LogP contribution in [0.15, 0.2) is 24.3 Å². The molecule has 0 spiro atoms. The third-order valence-corrected chi connectivity index (χ3v) is 2.87. The molecule has 0 aliphatic rings. The van der Waals surface area contributed by atoms with Crippen LogP contribution in [0.4, 0.5) is 11.5 Å². The Kier molecular flexibility index (Phi) is 3.24. The molecular formula is C12H15ClN4. The molecule has 0 unspecified atom stereocenters. The van der Waals surface area contributed by atoms with Gasteiger partial charge in [-0.3, -0.25) is 4.68 Å². The van der Waals surface area contributed by atoms with E-state index in [1.54, 1.807) is 0 Å². The number of nitrogens with zero attached hydrogens (tertiary/aromatic N) is 2. The molecule has 1 heterocycles. The maximum Gasteiger partial charge on any atom is 0.124 e. The van der Waals surface area contributed by atoms with Crippen molar-refractivity contribution in [2.75, 3.05) is 11.1 Å². The van der Waals surface area contributed by atoms with Crippen LogP contribution in [0, 0.1) is 6.92 Å². The number of nitrogens with one attached hydrogen (secondary N) is 1. The van der Waals surface area contributed by atoms with Gasteiger partial charge in [0.15, 0.2) is 0 Å². The minimum Gasteiger partial charge on any atom is -0.398 e. The number of rotatable bonds is 3. The van der Waals surface area contributed by atoms with E-state index in [-0.39, 0.29) is 0 Å². The van der Waals surface area contributed by atoms with E-state index in [1.807, 2.05) is 42.9 Å². The van der Waals surface area contributed by atoms with Crippen LogP contribution >= 0.6 is 11.6 Å². The highest BCUT2D eigenvalue weighted by Gasteiger charge is 2.02. The van der Waals surface area contributed by atoms with Crippen molar-refractivity contribution in [3.05, 3.63) is 40.5 Å². The van der Waals surface area contributed by atoms with Crippen LogP contribution in [0.1, 0.15) is 11.3 Å². The zero-order valence-electron chi connectivity index (χ0n) is 9.87. The van der Waals surface area contributed by atoms with E-state index < -0.39 is 0 Å². The first kappa shape index (κ1) is 11.8. The molecule has 2 rings (SSSR count). The summed E-state index contributed by atoms with van der Waals surface area (Å²) in [7, 11) is 1.91. The maximum atomic E-state index is 5.96. The molecule has 4 nitrogen and oxygen atoms in total. The van der Waals surface area contributed by atoms with Gasteiger partial charge in [0.05, 0.1) is 16.4 Å². The summed E-state index contributed by atoms with van der Waals surface area (Å²) < 4.78 is 1.81. The fourth-order valence-corrected chi connectivity index (χ4v) is 1.85. The Morgan fingerprint density at radius 3 is 2.76 bits per heavy atom. The summed E-state index contributed by atoms with van der Waals surface area (Å²) in [4.78, 5) is 0. The van der Waals surface area contributed by atoms with Crippen molar-refractivity contribution >= 4 is 23.1 Å². The Morgan fingerprint density at radius 2 is 2.18 bits per heavy atom. The van der Waals surface area contributed by atoms with Crippen LogP contribution in [0.2, 0.25) is 5.02 Å². The molecule has 2 aromatic rings. The van der Waals surface area contributed by atoms with Gasteiger partial charge in [-0.2, -0.15) is 5.10 Å². The molecule has 0 aliphatic heterocycles. The van der Waals surface area contributed by atoms with Crippen LogP contribution in [0.25, 0.3) is 0 Å². The second-order valence-electron chi connectivity index (χ2n) is 4.00. The van der Waals surface area contributed by atoms with Gasteiger partial charge in [-0.25, -0.2) is 0 Å². The van der Waals surface area contributed by atoms with Gasteiger partial charge in [0.25, 0.3) is 0 Å². The lowest BCUT2D eigenvalue weighted by Gasteiger charge is -2.07. The summed E-state index contributed by atoms with van der Waals surface area (Å²) in [6, 6.07) is 7.64. The number of aryl methyl sites for hydroxylation is 2. The van der Waals surface area contributed by atoms with Gasteiger partial charge in [0, 0.05) is 19.7 Å². The SMILES string of the molecule is Cc1cc(NCc2ccc(N)c(Cl)c2)n(C)n1. The van der Waals surface area contributed by atoms with Gasteiger partial charge in [-0.1, -0.05) is 17.7 Å². The summed E-state index contributed by atoms with van der Waals surface area (Å²) >= 11 is 5.96. The molecule has 17 heavy (non-hydrogen) atoms. The Balaban J connectivity index is 2.07. The van der Waals surface area contributed by atoms with Gasteiger partial charge in [-0.15, -0.1) is 0 Å². The Bertz CT molecular complexity index is 533. The fourth-order valence-electron chi connectivity index (χ4n) is 1.65. The highest BCUT2D eigenvalue weighted by atomic mass is 35.5. The summed E-state index contributed by atoms with van der Waals surface area (Å²) in [5, 5.41) is 8.15. The third-order valence-electron chi connectivity index (χ3n) is 2.54. The number of hydrogen-bond acceptors (Lipinski definition) is 3. The molecule has 0 bridgehead atoms. The summed E-state index contributed by atoms with van der Waals surface area (Å²) in [5.74, 6) is 0.982. The highest BCUT2D eigenvalue weighted by molar-refractivity contribution is 6.33. The molecule has 1 aromatic heterocycles. The van der Waals surface area contributed by atoms with Crippen LogP contribution in [-0.4, -0.2) is 9.78 Å². The zero-order chi connectivity index (χ0) is 12.4. The van der Waals surface area contributed by atoms with Crippen LogP contribution in [0.3, 0.4) is 0 Å². The second-order valence-corrected chi connectivity index (χ2v) is 4.41. The van der Waals surface area contributed by atoms with Crippen molar-refractivity contribution in [2.24, 2.45) is 7.05 Å². The van der Waals surface area contributed by atoms with E-state index in [0.717, 1.165) is 17.1 Å². The van der Waals surface area contributed by atoms with Gasteiger partial charge in [0.1, 0.15) is 5.82 Å². The van der Waals surface area contributed by atoms with E-state index >= 15 is 0 Å². The van der Waals surface area contributed by atoms with Gasteiger partial charge in [0.2, 0.25) is 0 Å². The average molecular weight is 251 g/mol. The Hall–Kier alpha value is -1.68. The molecule has 0 saturated heterocycles. The lowest BCUT2D eigenvalue weighted by Crippen LogP contribution is -2.04. The summed E-state index contributed by atoms with van der Waals surface area (Å²) in [6.45, 7) is 2.66. The molecule has 0 saturated carbocycles. The monoisotopic (exact) mass is 250 g/mol. The minimum absolute atomic E-state index is 0.588. The highest BCUT2D eigenvalue weighted by Crippen LogP contribution is 2.20. The first-order valence-corrected chi connectivity index (χ1v) is 5.72. The van der Waals surface area contributed by atoms with Crippen molar-refractivity contribution in [2.45, 2.75) is 13.5 Å². The summed E-state index contributed by atoms with van der Waals surface area (Å²) in [6.07, 6.45) is 0. The zero-order valence-corrected chi connectivity index (χ0v) is 10.6. The maximum absolute atomic E-state index is 5.96. The lowest BCUT2D eigenvalue weighted by atomic mass is 10.2. The van der Waals surface area contributed by atoms with Crippen molar-refractivity contribution in [3.8, 4) is 0 Å². The van der Waals surface area contributed by atoms with E-state index in [4.69, 9.17) is 17.3 Å². The van der Waals surface area contributed by atoms with Crippen LogP contribution in [0.5, 0.6) is 0 Å². The summed E-state index contributed by atoms with van der Waals surface area (Å²) in [5.41, 5.74) is 8.34. The van der Waals surface area contributed by atoms with Crippen LogP contribution < -0.4 is 11.1 Å². The normalized spacial score (nSPS) is 10.5. The van der Waals surface area contributed by atoms with Crippen molar-refractivity contribution < 1.29 is 0 Å². The molecule has 3 N–H and O–H groups in total. The molecule has 0 fully saturated rings. The van der Waals surface area contributed by atoms with E-state index in [2.05, 4.69) is 10.4 Å². The quantitative estimate of drug-likeness (QED) is 0.824. The molecule has 0 atom stereocenters. The number of anilines is 2. The minimum atomic E-state index is 0.588. The lowest BCUT2D eigenvalue weighted by molar-refractivity contribution is 0.758. The molecule has 90 valence electrons. The topological polar surface area (TPSA) is 55.9 Å². The number of benzene rings is 1. The number of nitrogen functional groups attached to an aromatic ring is 1. The first-order valence-electron chi connectivity index (χ1n) is 5.34. The predicted molar refractivity (Wildman–Crippen MR) is 71.1 cm³/mol. The molecule has 0 aliphatic carbocycles. The van der Waals surface area contributed by atoms with E-state index in [1.165, 1.54) is 0 Å². The molecule has 1 aromatic carbocycles. The molecule has 5 heteroatoms. The first-order chi connectivity index (χ1) is 8.06. The predicted octanol–water partition coefficient (Wildman–Crippen LogP) is 2.58. The van der Waals surface area contributed by atoms with E-state index in [9.17, 15) is 0 Å². The van der Waals surface area contributed by atoms with Crippen LogP contribution in [-0.2, 0) is 13.6 Å². The van der Waals surface area contributed by atoms with Gasteiger partial charge >= 0.3 is 0 Å². The number of hydrogen-bond donors (Lipinski definition) is 2. The molecule has 0 radical (unpaired) electrons. The largest absolute Gasteiger partial charge is 0.398 e. The third kappa shape index (κ3) is 2.71. The number of halogens is 1. The van der Waals surface area contributed by atoms with Gasteiger partial charge in [-0.05, 0) is 24.6 Å². The van der Waals surface area contributed by atoms with E-state index in [0.29, 0.717) is 17.3 Å². The van der Waals surface area contributed by atoms with Crippen molar-refractivity contribution in [1.82, 2.24) is 9.78 Å². The Labute approximate surface area is 105 Å². The number of nitrogens with two attached hydrogens (primary N) is 1. The van der Waals surface area contributed by atoms with Gasteiger partial charge < -0.3 is 11.1 Å². The second kappa shape index (κ2) is 4.67. The standard InChI is InChI=1S/C12H15ClN4/c1-8-5-12(17(2)16-8)15-7-9-3-4-11(14)10(13)6-9/h3-6,15H,7,14H2,1-2H3. The van der Waals surface area contributed by atoms with Crippen molar-refractivity contribution in [3.63, 3.8) is 0 Å². The fraction of sp³-hybridized carbons (Fsp3) is 0.250. The smallest absolute Gasteiger partial charge is 0.124 e. The molecular weight excluding hydrogens is 236 g/mol.